The van der Waals surface area contributed by atoms with Gasteiger partial charge in [0.05, 0.1) is 10.7 Å². The van der Waals surface area contributed by atoms with Crippen molar-refractivity contribution < 1.29 is 12.8 Å². The Morgan fingerprint density at radius 3 is 2.27 bits per heavy atom. The first-order chi connectivity index (χ1) is 14.2. The van der Waals surface area contributed by atoms with Gasteiger partial charge in [-0.05, 0) is 68.9 Å². The van der Waals surface area contributed by atoms with Crippen molar-refractivity contribution in [3.63, 3.8) is 0 Å². The molecule has 0 amide bonds. The second-order valence-corrected chi connectivity index (χ2v) is 15.3. The molecule has 2 rings (SSSR count). The summed E-state index contributed by atoms with van der Waals surface area (Å²) in [4.78, 5) is 0.339. The normalized spacial score (nSPS) is 18.4. The third kappa shape index (κ3) is 5.86. The van der Waals surface area contributed by atoms with Crippen LogP contribution >= 0.6 is 0 Å². The first-order valence-corrected chi connectivity index (χ1v) is 15.2. The fourth-order valence-corrected chi connectivity index (χ4v) is 7.91. The van der Waals surface area contributed by atoms with Crippen LogP contribution in [0, 0.1) is 12.8 Å². The van der Waals surface area contributed by atoms with E-state index in [0.717, 1.165) is 43.0 Å². The molecular formula is C24H39NO3SSi. The lowest BCUT2D eigenvalue weighted by molar-refractivity contribution is 0.322. The molecule has 0 saturated heterocycles. The Morgan fingerprint density at radius 1 is 1.10 bits per heavy atom. The van der Waals surface area contributed by atoms with Gasteiger partial charge >= 0.3 is 0 Å². The van der Waals surface area contributed by atoms with Gasteiger partial charge in [0.25, 0.3) is 0 Å². The lowest BCUT2D eigenvalue weighted by atomic mass is 9.89. The van der Waals surface area contributed by atoms with Crippen LogP contribution < -0.4 is 0 Å². The molecule has 0 spiro atoms. The van der Waals surface area contributed by atoms with Gasteiger partial charge in [-0.2, -0.15) is 4.31 Å². The molecule has 0 unspecified atom stereocenters. The van der Waals surface area contributed by atoms with Crippen molar-refractivity contribution in [1.29, 1.82) is 0 Å². The monoisotopic (exact) mass is 449 g/mol. The molecule has 0 fully saturated rings. The van der Waals surface area contributed by atoms with Crippen LogP contribution in [-0.2, 0) is 14.4 Å². The Morgan fingerprint density at radius 2 is 1.70 bits per heavy atom. The lowest BCUT2D eigenvalue weighted by Crippen LogP contribution is -2.37. The first-order valence-electron chi connectivity index (χ1n) is 11.3. The summed E-state index contributed by atoms with van der Waals surface area (Å²) in [5.41, 5.74) is 2.41. The van der Waals surface area contributed by atoms with Crippen LogP contribution in [0.3, 0.4) is 0 Å². The van der Waals surface area contributed by atoms with Crippen LogP contribution in [0.4, 0.5) is 0 Å². The average molecular weight is 450 g/mol. The van der Waals surface area contributed by atoms with Crippen molar-refractivity contribution in [1.82, 2.24) is 4.31 Å². The summed E-state index contributed by atoms with van der Waals surface area (Å²) in [6.45, 7) is 11.3. The van der Waals surface area contributed by atoms with E-state index in [1.807, 2.05) is 25.1 Å². The number of nitrogens with zero attached hydrogens (tertiary/aromatic N) is 1. The second kappa shape index (κ2) is 10.8. The van der Waals surface area contributed by atoms with Crippen molar-refractivity contribution in [2.45, 2.75) is 76.9 Å². The highest BCUT2D eigenvalue weighted by Gasteiger charge is 2.34. The molecule has 30 heavy (non-hydrogen) atoms. The van der Waals surface area contributed by atoms with Gasteiger partial charge in [0.15, 0.2) is 0 Å². The maximum absolute atomic E-state index is 12.8. The fourth-order valence-electron chi connectivity index (χ4n) is 4.07. The zero-order valence-corrected chi connectivity index (χ0v) is 21.4. The maximum Gasteiger partial charge on any atom is 0.250 e. The molecule has 0 bridgehead atoms. The number of rotatable bonds is 10. The standard InChI is InChI=1S/C24H39NO3SSi/c1-7-30(8-2,9-3)28-24-21(5)12-10-13-22(24)14-11-19-25(6)29(26,27)23-17-15-20(4)16-18-23/h11,14-18,22H,7-10,12-13,19H2,1-6H3/b14-11+/t22-/m1/s1. The van der Waals surface area contributed by atoms with Crippen LogP contribution in [0.15, 0.2) is 52.6 Å². The maximum atomic E-state index is 12.8. The van der Waals surface area contributed by atoms with E-state index < -0.39 is 18.3 Å². The number of hydrogen-bond acceptors (Lipinski definition) is 3. The summed E-state index contributed by atoms with van der Waals surface area (Å²) in [6, 6.07) is 10.4. The molecule has 1 aliphatic rings. The smallest absolute Gasteiger partial charge is 0.250 e. The first kappa shape index (κ1) is 24.9. The van der Waals surface area contributed by atoms with Crippen molar-refractivity contribution >= 4 is 18.3 Å². The highest BCUT2D eigenvalue weighted by molar-refractivity contribution is 7.89. The molecule has 168 valence electrons. The summed E-state index contributed by atoms with van der Waals surface area (Å²) >= 11 is 0. The van der Waals surface area contributed by atoms with Crippen LogP contribution in [0.2, 0.25) is 18.1 Å². The van der Waals surface area contributed by atoms with Gasteiger partial charge in [-0.1, -0.05) is 50.6 Å². The van der Waals surface area contributed by atoms with Crippen LogP contribution in [0.1, 0.15) is 52.5 Å². The summed E-state index contributed by atoms with van der Waals surface area (Å²) in [5, 5.41) is 0. The third-order valence-electron chi connectivity index (χ3n) is 6.54. The zero-order chi connectivity index (χ0) is 22.4. The Labute approximate surface area is 185 Å². The minimum Gasteiger partial charge on any atom is -0.546 e. The van der Waals surface area contributed by atoms with Crippen molar-refractivity contribution in [2.24, 2.45) is 5.92 Å². The van der Waals surface area contributed by atoms with Crippen LogP contribution in [0.5, 0.6) is 0 Å². The largest absolute Gasteiger partial charge is 0.546 e. The number of hydrogen-bond donors (Lipinski definition) is 0. The van der Waals surface area contributed by atoms with Gasteiger partial charge in [-0.3, -0.25) is 0 Å². The Bertz CT molecular complexity index is 847. The second-order valence-electron chi connectivity index (χ2n) is 8.52. The van der Waals surface area contributed by atoms with E-state index in [0.29, 0.717) is 11.4 Å². The number of benzene rings is 1. The molecular weight excluding hydrogens is 410 g/mol. The van der Waals surface area contributed by atoms with Crippen molar-refractivity contribution in [2.75, 3.05) is 13.6 Å². The quantitative estimate of drug-likeness (QED) is 0.312. The van der Waals surface area contributed by atoms with E-state index in [2.05, 4.69) is 33.8 Å². The summed E-state index contributed by atoms with van der Waals surface area (Å²) in [7, 11) is -3.56. The molecule has 0 saturated carbocycles. The molecule has 0 heterocycles. The molecule has 6 heteroatoms. The van der Waals surface area contributed by atoms with E-state index in [9.17, 15) is 8.42 Å². The van der Waals surface area contributed by atoms with E-state index >= 15 is 0 Å². The molecule has 0 aliphatic heterocycles. The SMILES string of the molecule is CC[Si](CC)(CC)OC1=C(C)CCC[C@@H]1/C=C/CN(C)S(=O)(=O)c1ccc(C)cc1. The Kier molecular flexibility index (Phi) is 8.94. The van der Waals surface area contributed by atoms with E-state index in [4.69, 9.17) is 4.43 Å². The van der Waals surface area contributed by atoms with E-state index in [-0.39, 0.29) is 5.92 Å². The predicted octanol–water partition coefficient (Wildman–Crippen LogP) is 6.27. The van der Waals surface area contributed by atoms with Crippen LogP contribution in [0.25, 0.3) is 0 Å². The number of likely N-dealkylation sites (N-methyl/N-ethyl adjacent to an activating group) is 1. The predicted molar refractivity (Wildman–Crippen MR) is 128 cm³/mol. The van der Waals surface area contributed by atoms with Crippen molar-refractivity contribution in [3.05, 3.63) is 53.3 Å². The Hall–Kier alpha value is -1.37. The number of sulfonamides is 1. The Balaban J connectivity index is 2.13. The topological polar surface area (TPSA) is 46.6 Å². The van der Waals surface area contributed by atoms with Crippen LogP contribution in [-0.4, -0.2) is 34.6 Å². The summed E-state index contributed by atoms with van der Waals surface area (Å²) in [6.07, 6.45) is 7.48. The summed E-state index contributed by atoms with van der Waals surface area (Å²) in [5.74, 6) is 1.42. The van der Waals surface area contributed by atoms with Gasteiger partial charge in [0, 0.05) is 19.5 Å². The fraction of sp³-hybridized carbons (Fsp3) is 0.583. The van der Waals surface area contributed by atoms with E-state index in [1.165, 1.54) is 15.6 Å². The number of allylic oxidation sites excluding steroid dienone is 2. The molecule has 0 aromatic heterocycles. The van der Waals surface area contributed by atoms with E-state index in [1.54, 1.807) is 19.2 Å². The highest BCUT2D eigenvalue weighted by Crippen LogP contribution is 2.36. The average Bonchev–Trinajstić information content (AvgIpc) is 2.74. The third-order valence-corrected chi connectivity index (χ3v) is 12.9. The van der Waals surface area contributed by atoms with Crippen molar-refractivity contribution in [3.8, 4) is 0 Å². The van der Waals surface area contributed by atoms with Gasteiger partial charge < -0.3 is 4.43 Å². The zero-order valence-electron chi connectivity index (χ0n) is 19.6. The molecule has 1 atom stereocenters. The molecule has 1 aliphatic carbocycles. The minimum atomic E-state index is -3.48. The minimum absolute atomic E-state index is 0.255. The molecule has 1 aromatic carbocycles. The molecule has 1 aromatic rings. The molecule has 4 nitrogen and oxygen atoms in total. The highest BCUT2D eigenvalue weighted by atomic mass is 32.2. The number of aryl methyl sites for hydroxylation is 1. The van der Waals surface area contributed by atoms with Gasteiger partial charge in [-0.25, -0.2) is 8.42 Å². The lowest BCUT2D eigenvalue weighted by Gasteiger charge is -2.36. The van der Waals surface area contributed by atoms with Gasteiger partial charge in [0.2, 0.25) is 18.3 Å². The van der Waals surface area contributed by atoms with Gasteiger partial charge in [0.1, 0.15) is 0 Å². The van der Waals surface area contributed by atoms with Gasteiger partial charge in [-0.15, -0.1) is 0 Å². The molecule has 0 radical (unpaired) electrons. The summed E-state index contributed by atoms with van der Waals surface area (Å²) < 4.78 is 33.8. The molecule has 0 N–H and O–H groups in total.